The second-order valence-corrected chi connectivity index (χ2v) is 6.25. The Morgan fingerprint density at radius 3 is 2.46 bits per heavy atom. The molecule has 2 N–H and O–H groups in total. The van der Waals surface area contributed by atoms with E-state index in [9.17, 15) is 18.3 Å². The summed E-state index contributed by atoms with van der Waals surface area (Å²) >= 11 is 0. The normalized spacial score (nSPS) is 17.3. The van der Waals surface area contributed by atoms with E-state index in [1.165, 1.54) is 19.1 Å². The SMILES string of the molecule is CC(NCC(C)(O)c1cccc(C(F)(F)F)c1)C(C)n1cccn1. The van der Waals surface area contributed by atoms with E-state index < -0.39 is 17.3 Å². The van der Waals surface area contributed by atoms with Crippen LogP contribution < -0.4 is 5.32 Å². The number of nitrogens with zero attached hydrogens (tertiary/aromatic N) is 2. The Labute approximate surface area is 139 Å². The van der Waals surface area contributed by atoms with E-state index in [1.54, 1.807) is 10.9 Å². The highest BCUT2D eigenvalue weighted by Gasteiger charge is 2.33. The van der Waals surface area contributed by atoms with Gasteiger partial charge in [0.1, 0.15) is 0 Å². The first-order valence-corrected chi connectivity index (χ1v) is 7.74. The molecule has 0 radical (unpaired) electrons. The van der Waals surface area contributed by atoms with Crippen molar-refractivity contribution in [3.8, 4) is 0 Å². The molecule has 132 valence electrons. The van der Waals surface area contributed by atoms with Crippen LogP contribution in [0.1, 0.15) is 37.9 Å². The Kier molecular flexibility index (Phi) is 5.35. The molecule has 0 spiro atoms. The van der Waals surface area contributed by atoms with Gasteiger partial charge in [-0.3, -0.25) is 4.68 Å². The van der Waals surface area contributed by atoms with Gasteiger partial charge >= 0.3 is 6.18 Å². The third-order valence-corrected chi connectivity index (χ3v) is 4.25. The van der Waals surface area contributed by atoms with Crippen molar-refractivity contribution >= 4 is 0 Å². The van der Waals surface area contributed by atoms with Crippen LogP contribution in [0.15, 0.2) is 42.7 Å². The summed E-state index contributed by atoms with van der Waals surface area (Å²) in [5.74, 6) is 0. The second-order valence-electron chi connectivity index (χ2n) is 6.25. The monoisotopic (exact) mass is 341 g/mol. The summed E-state index contributed by atoms with van der Waals surface area (Å²) in [7, 11) is 0. The van der Waals surface area contributed by atoms with E-state index in [0.717, 1.165) is 12.1 Å². The van der Waals surface area contributed by atoms with Crippen LogP contribution in [-0.2, 0) is 11.8 Å². The molecule has 0 fully saturated rings. The number of nitrogens with one attached hydrogen (secondary N) is 1. The fourth-order valence-electron chi connectivity index (χ4n) is 2.41. The van der Waals surface area contributed by atoms with Gasteiger partial charge in [0.25, 0.3) is 0 Å². The minimum Gasteiger partial charge on any atom is -0.384 e. The maximum Gasteiger partial charge on any atom is 0.416 e. The van der Waals surface area contributed by atoms with Crippen LogP contribution in [0.25, 0.3) is 0 Å². The first-order valence-electron chi connectivity index (χ1n) is 7.74. The van der Waals surface area contributed by atoms with Crippen LogP contribution in [0.5, 0.6) is 0 Å². The van der Waals surface area contributed by atoms with Gasteiger partial charge in [0.05, 0.1) is 17.2 Å². The average Bonchev–Trinajstić information content (AvgIpc) is 3.05. The molecule has 4 nitrogen and oxygen atoms in total. The summed E-state index contributed by atoms with van der Waals surface area (Å²) in [6, 6.07) is 6.63. The first-order chi connectivity index (χ1) is 11.1. The van der Waals surface area contributed by atoms with E-state index in [0.29, 0.717) is 0 Å². The fourth-order valence-corrected chi connectivity index (χ4v) is 2.41. The van der Waals surface area contributed by atoms with Crippen molar-refractivity contribution < 1.29 is 18.3 Å². The topological polar surface area (TPSA) is 50.1 Å². The fraction of sp³-hybridized carbons (Fsp3) is 0.471. The van der Waals surface area contributed by atoms with Crippen LogP contribution in [0.2, 0.25) is 0 Å². The minimum absolute atomic E-state index is 0.0258. The van der Waals surface area contributed by atoms with E-state index in [-0.39, 0.29) is 24.2 Å². The molecule has 1 heterocycles. The maximum atomic E-state index is 12.8. The van der Waals surface area contributed by atoms with Gasteiger partial charge in [-0.15, -0.1) is 0 Å². The second kappa shape index (κ2) is 6.94. The van der Waals surface area contributed by atoms with Crippen molar-refractivity contribution in [2.24, 2.45) is 0 Å². The zero-order valence-electron chi connectivity index (χ0n) is 13.9. The number of halogens is 3. The highest BCUT2D eigenvalue weighted by atomic mass is 19.4. The van der Waals surface area contributed by atoms with Gasteiger partial charge in [0, 0.05) is 25.0 Å². The van der Waals surface area contributed by atoms with E-state index in [4.69, 9.17) is 0 Å². The number of alkyl halides is 3. The molecule has 7 heteroatoms. The molecular weight excluding hydrogens is 319 g/mol. The molecule has 0 amide bonds. The summed E-state index contributed by atoms with van der Waals surface area (Å²) in [4.78, 5) is 0. The highest BCUT2D eigenvalue weighted by Crippen LogP contribution is 2.32. The summed E-state index contributed by atoms with van der Waals surface area (Å²) in [5, 5.41) is 17.9. The number of benzene rings is 1. The number of rotatable bonds is 6. The maximum absolute atomic E-state index is 12.8. The molecule has 0 saturated carbocycles. The summed E-state index contributed by atoms with van der Waals surface area (Å²) in [6.07, 6.45) is -0.906. The number of aliphatic hydroxyl groups is 1. The van der Waals surface area contributed by atoms with Crippen LogP contribution >= 0.6 is 0 Å². The predicted octanol–water partition coefficient (Wildman–Crippen LogP) is 3.35. The minimum atomic E-state index is -4.43. The third-order valence-electron chi connectivity index (χ3n) is 4.25. The van der Waals surface area contributed by atoms with E-state index in [2.05, 4.69) is 10.4 Å². The lowest BCUT2D eigenvalue weighted by Gasteiger charge is -2.29. The molecule has 1 aromatic carbocycles. The van der Waals surface area contributed by atoms with Gasteiger partial charge in [-0.1, -0.05) is 12.1 Å². The number of hydrogen-bond acceptors (Lipinski definition) is 3. The van der Waals surface area contributed by atoms with Crippen molar-refractivity contribution in [2.45, 2.75) is 44.6 Å². The van der Waals surface area contributed by atoms with E-state index >= 15 is 0 Å². The quantitative estimate of drug-likeness (QED) is 0.847. The smallest absolute Gasteiger partial charge is 0.384 e. The molecule has 24 heavy (non-hydrogen) atoms. The third kappa shape index (κ3) is 4.36. The number of aromatic nitrogens is 2. The Bertz CT molecular complexity index is 653. The lowest BCUT2D eigenvalue weighted by molar-refractivity contribution is -0.137. The predicted molar refractivity (Wildman–Crippen MR) is 85.4 cm³/mol. The van der Waals surface area contributed by atoms with Crippen LogP contribution in [-0.4, -0.2) is 27.5 Å². The molecule has 3 atom stereocenters. The van der Waals surface area contributed by atoms with Crippen molar-refractivity contribution in [3.05, 3.63) is 53.9 Å². The Balaban J connectivity index is 2.05. The standard InChI is InChI=1S/C17H22F3N3O/c1-12(13(2)23-9-5-8-22-23)21-11-16(3,24)14-6-4-7-15(10-14)17(18,19)20/h4-10,12-13,21,24H,11H2,1-3H3. The van der Waals surface area contributed by atoms with Crippen molar-refractivity contribution in [3.63, 3.8) is 0 Å². The van der Waals surface area contributed by atoms with Crippen LogP contribution in [0.4, 0.5) is 13.2 Å². The lowest BCUT2D eigenvalue weighted by Crippen LogP contribution is -2.42. The Morgan fingerprint density at radius 1 is 1.21 bits per heavy atom. The van der Waals surface area contributed by atoms with Crippen molar-refractivity contribution in [1.29, 1.82) is 0 Å². The van der Waals surface area contributed by atoms with Gasteiger partial charge in [-0.25, -0.2) is 0 Å². The van der Waals surface area contributed by atoms with Crippen molar-refractivity contribution in [2.75, 3.05) is 6.54 Å². The Hall–Kier alpha value is -1.86. The lowest BCUT2D eigenvalue weighted by atomic mass is 9.93. The van der Waals surface area contributed by atoms with E-state index in [1.807, 2.05) is 26.1 Å². The molecule has 0 aliphatic heterocycles. The molecule has 1 aromatic heterocycles. The Morgan fingerprint density at radius 2 is 1.88 bits per heavy atom. The molecule has 0 aliphatic carbocycles. The summed E-state index contributed by atoms with van der Waals surface area (Å²) in [6.45, 7) is 5.54. The molecule has 0 saturated heterocycles. The molecule has 2 aromatic rings. The molecule has 0 aliphatic rings. The molecule has 0 bridgehead atoms. The zero-order valence-corrected chi connectivity index (χ0v) is 13.9. The van der Waals surface area contributed by atoms with Crippen molar-refractivity contribution in [1.82, 2.24) is 15.1 Å². The average molecular weight is 341 g/mol. The van der Waals surface area contributed by atoms with Crippen LogP contribution in [0.3, 0.4) is 0 Å². The molecular formula is C17H22F3N3O. The molecule has 3 unspecified atom stereocenters. The highest BCUT2D eigenvalue weighted by molar-refractivity contribution is 5.29. The number of hydrogen-bond donors (Lipinski definition) is 2. The van der Waals surface area contributed by atoms with Gasteiger partial charge in [-0.2, -0.15) is 18.3 Å². The molecule has 2 rings (SSSR count). The summed E-state index contributed by atoms with van der Waals surface area (Å²) in [5.41, 5.74) is -1.96. The largest absolute Gasteiger partial charge is 0.416 e. The zero-order chi connectivity index (χ0) is 18.0. The van der Waals surface area contributed by atoms with Gasteiger partial charge in [0.2, 0.25) is 0 Å². The summed E-state index contributed by atoms with van der Waals surface area (Å²) < 4.78 is 40.3. The van der Waals surface area contributed by atoms with Gasteiger partial charge in [-0.05, 0) is 44.5 Å². The van der Waals surface area contributed by atoms with Gasteiger partial charge in [0.15, 0.2) is 0 Å². The van der Waals surface area contributed by atoms with Crippen LogP contribution in [0, 0.1) is 0 Å². The first kappa shape index (κ1) is 18.5. The van der Waals surface area contributed by atoms with Gasteiger partial charge < -0.3 is 10.4 Å².